The summed E-state index contributed by atoms with van der Waals surface area (Å²) in [6.45, 7) is 0. The zero-order valence-electron chi connectivity index (χ0n) is 9.32. The summed E-state index contributed by atoms with van der Waals surface area (Å²) in [5, 5.41) is 15.1. The van der Waals surface area contributed by atoms with Crippen LogP contribution in [0, 0.1) is 10.1 Å². The van der Waals surface area contributed by atoms with Gasteiger partial charge in [-0.1, -0.05) is 11.6 Å². The van der Waals surface area contributed by atoms with Gasteiger partial charge in [0.1, 0.15) is 4.90 Å². The van der Waals surface area contributed by atoms with Crippen molar-refractivity contribution in [3.8, 4) is 0 Å². The minimum absolute atomic E-state index is 0.538. The predicted octanol–water partition coefficient (Wildman–Crippen LogP) is -0.196. The van der Waals surface area contributed by atoms with Gasteiger partial charge >= 0.3 is 0 Å². The van der Waals surface area contributed by atoms with Crippen LogP contribution in [0.5, 0.6) is 0 Å². The van der Waals surface area contributed by atoms with E-state index in [4.69, 9.17) is 16.7 Å². The molecule has 0 bridgehead atoms. The van der Waals surface area contributed by atoms with Crippen molar-refractivity contribution in [2.75, 3.05) is 7.05 Å². The van der Waals surface area contributed by atoms with E-state index in [0.29, 0.717) is 12.1 Å². The van der Waals surface area contributed by atoms with E-state index in [1.54, 1.807) is 0 Å². The Labute approximate surface area is 113 Å². The molecule has 0 radical (unpaired) electrons. The van der Waals surface area contributed by atoms with Gasteiger partial charge in [0.15, 0.2) is 4.90 Å². The number of nitrogens with one attached hydrogen (secondary N) is 1. The quantitative estimate of drug-likeness (QED) is 0.577. The molecule has 0 aliphatic carbocycles. The molecule has 0 aromatic heterocycles. The van der Waals surface area contributed by atoms with E-state index in [1.807, 2.05) is 4.72 Å². The molecule has 12 heteroatoms. The first kappa shape index (κ1) is 15.8. The molecule has 1 aromatic carbocycles. The van der Waals surface area contributed by atoms with Crippen LogP contribution >= 0.6 is 11.6 Å². The number of nitro groups is 1. The average Bonchev–Trinajstić information content (AvgIpc) is 2.26. The Hall–Kier alpha value is -1.27. The summed E-state index contributed by atoms with van der Waals surface area (Å²) in [6.07, 6.45) is 0. The monoisotopic (exact) mass is 329 g/mol. The van der Waals surface area contributed by atoms with Gasteiger partial charge < -0.3 is 0 Å². The van der Waals surface area contributed by atoms with Gasteiger partial charge in [-0.3, -0.25) is 10.1 Å². The van der Waals surface area contributed by atoms with E-state index < -0.39 is 45.5 Å². The SMILES string of the molecule is CNS(=O)(=O)c1cc(S(N)(=O)=O)c(Cl)cc1[N+](=O)[O-]. The normalized spacial score (nSPS) is 12.4. The summed E-state index contributed by atoms with van der Waals surface area (Å²) < 4.78 is 47.5. The van der Waals surface area contributed by atoms with E-state index >= 15 is 0 Å². The van der Waals surface area contributed by atoms with Crippen molar-refractivity contribution < 1.29 is 21.8 Å². The lowest BCUT2D eigenvalue weighted by molar-refractivity contribution is -0.387. The maximum absolute atomic E-state index is 11.6. The number of nitrogens with zero attached hydrogens (tertiary/aromatic N) is 1. The molecule has 0 fully saturated rings. The Morgan fingerprint density at radius 2 is 1.79 bits per heavy atom. The molecule has 0 aliphatic rings. The van der Waals surface area contributed by atoms with Crippen molar-refractivity contribution in [3.05, 3.63) is 27.3 Å². The zero-order chi connectivity index (χ0) is 15.0. The Morgan fingerprint density at radius 1 is 1.26 bits per heavy atom. The second kappa shape index (κ2) is 5.02. The van der Waals surface area contributed by atoms with Gasteiger partial charge in [0, 0.05) is 6.07 Å². The number of sulfonamides is 2. The summed E-state index contributed by atoms with van der Waals surface area (Å²) in [5.74, 6) is 0. The molecule has 1 rings (SSSR count). The van der Waals surface area contributed by atoms with Crippen LogP contribution in [-0.4, -0.2) is 28.8 Å². The molecule has 0 spiro atoms. The summed E-state index contributed by atoms with van der Waals surface area (Å²) in [7, 11) is -7.54. The number of hydrogen-bond acceptors (Lipinski definition) is 6. The molecule has 19 heavy (non-hydrogen) atoms. The number of primary sulfonamides is 1. The summed E-state index contributed by atoms with van der Waals surface area (Å²) in [6, 6.07) is 1.16. The van der Waals surface area contributed by atoms with Crippen molar-refractivity contribution in [3.63, 3.8) is 0 Å². The highest BCUT2D eigenvalue weighted by atomic mass is 35.5. The standard InChI is InChI=1S/C7H8ClN3O6S2/c1-10-19(16,17)7-3-6(18(9,14)15)4(8)2-5(7)11(12)13/h2-3,10H,1H3,(H2,9,14,15). The fraction of sp³-hybridized carbons (Fsp3) is 0.143. The topological polar surface area (TPSA) is 149 Å². The molecule has 0 unspecified atom stereocenters. The Kier molecular flexibility index (Phi) is 4.17. The first-order chi connectivity index (χ1) is 8.50. The highest BCUT2D eigenvalue weighted by Crippen LogP contribution is 2.32. The van der Waals surface area contributed by atoms with E-state index in [-0.39, 0.29) is 0 Å². The Morgan fingerprint density at radius 3 is 2.16 bits per heavy atom. The number of hydrogen-bond donors (Lipinski definition) is 2. The van der Waals surface area contributed by atoms with Crippen molar-refractivity contribution >= 4 is 37.3 Å². The average molecular weight is 330 g/mol. The third kappa shape index (κ3) is 3.19. The molecule has 0 saturated carbocycles. The number of nitro benzene ring substituents is 1. The van der Waals surface area contributed by atoms with Gasteiger partial charge in [-0.2, -0.15) is 0 Å². The van der Waals surface area contributed by atoms with Crippen LogP contribution in [0.4, 0.5) is 5.69 Å². The molecule has 0 amide bonds. The van der Waals surface area contributed by atoms with Gasteiger partial charge in [-0.05, 0) is 13.1 Å². The van der Waals surface area contributed by atoms with Crippen molar-refractivity contribution in [1.29, 1.82) is 0 Å². The fourth-order valence-corrected chi connectivity index (χ4v) is 3.28. The summed E-state index contributed by atoms with van der Waals surface area (Å²) in [4.78, 5) is 8.22. The number of benzene rings is 1. The molecule has 0 aliphatic heterocycles. The second-order valence-corrected chi connectivity index (χ2v) is 7.05. The van der Waals surface area contributed by atoms with Crippen molar-refractivity contribution in [2.45, 2.75) is 9.79 Å². The smallest absolute Gasteiger partial charge is 0.258 e. The van der Waals surface area contributed by atoms with Gasteiger partial charge in [-0.15, -0.1) is 0 Å². The minimum Gasteiger partial charge on any atom is -0.258 e. The van der Waals surface area contributed by atoms with Gasteiger partial charge in [0.05, 0.1) is 9.95 Å². The molecular formula is C7H8ClN3O6S2. The van der Waals surface area contributed by atoms with Crippen molar-refractivity contribution in [1.82, 2.24) is 4.72 Å². The Balaban J connectivity index is 3.84. The van der Waals surface area contributed by atoms with E-state index in [9.17, 15) is 26.9 Å². The van der Waals surface area contributed by atoms with Crippen LogP contribution in [0.2, 0.25) is 5.02 Å². The maximum Gasteiger partial charge on any atom is 0.290 e. The van der Waals surface area contributed by atoms with Crippen LogP contribution in [0.3, 0.4) is 0 Å². The van der Waals surface area contributed by atoms with Crippen LogP contribution in [0.1, 0.15) is 0 Å². The van der Waals surface area contributed by atoms with Crippen LogP contribution in [0.25, 0.3) is 0 Å². The minimum atomic E-state index is -4.31. The van der Waals surface area contributed by atoms with Crippen LogP contribution in [-0.2, 0) is 20.0 Å². The molecule has 0 saturated heterocycles. The molecule has 3 N–H and O–H groups in total. The van der Waals surface area contributed by atoms with E-state index in [2.05, 4.69) is 0 Å². The lowest BCUT2D eigenvalue weighted by Gasteiger charge is -2.07. The molecular weight excluding hydrogens is 322 g/mol. The number of nitrogens with two attached hydrogens (primary N) is 1. The van der Waals surface area contributed by atoms with Crippen molar-refractivity contribution in [2.24, 2.45) is 5.14 Å². The predicted molar refractivity (Wildman–Crippen MR) is 65.7 cm³/mol. The summed E-state index contributed by atoms with van der Waals surface area (Å²) in [5.41, 5.74) is -0.855. The lowest BCUT2D eigenvalue weighted by Crippen LogP contribution is -2.21. The van der Waals surface area contributed by atoms with Gasteiger partial charge in [0.2, 0.25) is 20.0 Å². The Bertz CT molecular complexity index is 742. The van der Waals surface area contributed by atoms with Gasteiger partial charge in [-0.25, -0.2) is 26.7 Å². The van der Waals surface area contributed by atoms with E-state index in [0.717, 1.165) is 7.05 Å². The molecule has 0 atom stereocenters. The highest BCUT2D eigenvalue weighted by molar-refractivity contribution is 7.90. The third-order valence-electron chi connectivity index (χ3n) is 2.07. The van der Waals surface area contributed by atoms with Crippen LogP contribution in [0.15, 0.2) is 21.9 Å². The number of halogens is 1. The summed E-state index contributed by atoms with van der Waals surface area (Å²) >= 11 is 5.54. The fourth-order valence-electron chi connectivity index (χ4n) is 1.21. The second-order valence-electron chi connectivity index (χ2n) is 3.26. The number of rotatable bonds is 4. The first-order valence-electron chi connectivity index (χ1n) is 4.45. The molecule has 0 heterocycles. The lowest BCUT2D eigenvalue weighted by atomic mass is 10.3. The molecule has 1 aromatic rings. The zero-order valence-corrected chi connectivity index (χ0v) is 11.7. The van der Waals surface area contributed by atoms with Gasteiger partial charge in [0.25, 0.3) is 5.69 Å². The van der Waals surface area contributed by atoms with E-state index in [1.165, 1.54) is 0 Å². The first-order valence-corrected chi connectivity index (χ1v) is 7.85. The van der Waals surface area contributed by atoms with Crippen LogP contribution < -0.4 is 9.86 Å². The molecule has 9 nitrogen and oxygen atoms in total. The largest absolute Gasteiger partial charge is 0.290 e. The highest BCUT2D eigenvalue weighted by Gasteiger charge is 2.29. The maximum atomic E-state index is 11.6. The molecule has 106 valence electrons. The third-order valence-corrected chi connectivity index (χ3v) is 4.89.